The summed E-state index contributed by atoms with van der Waals surface area (Å²) in [6.07, 6.45) is 2.61. The van der Waals surface area contributed by atoms with E-state index in [1.807, 2.05) is 0 Å². The molecule has 0 aromatic carbocycles. The van der Waals surface area contributed by atoms with Gasteiger partial charge in [-0.15, -0.1) is 0 Å². The van der Waals surface area contributed by atoms with Crippen LogP contribution in [-0.2, 0) is 4.79 Å². The quantitative estimate of drug-likeness (QED) is 0.691. The summed E-state index contributed by atoms with van der Waals surface area (Å²) < 4.78 is 0. The summed E-state index contributed by atoms with van der Waals surface area (Å²) in [5.74, 6) is 0.302. The van der Waals surface area contributed by atoms with Gasteiger partial charge in [0.15, 0.2) is 0 Å². The van der Waals surface area contributed by atoms with Gasteiger partial charge in [-0.05, 0) is 30.1 Å². The molecule has 0 aromatic heterocycles. The van der Waals surface area contributed by atoms with Crippen LogP contribution in [0.3, 0.4) is 0 Å². The molecular weight excluding hydrogens is 152 g/mol. The average molecular weight is 170 g/mol. The number of hydrogen-bond acceptors (Lipinski definition) is 1. The Bertz CT molecular complexity index is 184. The van der Waals surface area contributed by atoms with Crippen LogP contribution in [0, 0.1) is 17.3 Å². The Morgan fingerprint density at radius 1 is 1.58 bits per heavy atom. The first kappa shape index (κ1) is 9.56. The highest BCUT2D eigenvalue weighted by atomic mass is 16.4. The summed E-state index contributed by atoms with van der Waals surface area (Å²) in [6.45, 7) is 6.65. The first-order valence-corrected chi connectivity index (χ1v) is 4.65. The molecule has 1 aliphatic carbocycles. The maximum absolute atomic E-state index is 10.5. The number of carbonyl (C=O) groups is 1. The second kappa shape index (κ2) is 3.08. The van der Waals surface area contributed by atoms with Crippen LogP contribution in [0.1, 0.15) is 40.0 Å². The number of aliphatic carboxylic acids is 1. The van der Waals surface area contributed by atoms with Crippen LogP contribution in [0.25, 0.3) is 0 Å². The van der Waals surface area contributed by atoms with Crippen LogP contribution in [-0.4, -0.2) is 11.1 Å². The molecule has 2 heteroatoms. The van der Waals surface area contributed by atoms with E-state index < -0.39 is 5.97 Å². The molecule has 2 nitrogen and oxygen atoms in total. The minimum Gasteiger partial charge on any atom is -0.481 e. The summed E-state index contributed by atoms with van der Waals surface area (Å²) in [5, 5.41) is 8.66. The molecule has 1 saturated carbocycles. The molecule has 2 unspecified atom stereocenters. The topological polar surface area (TPSA) is 37.3 Å². The molecule has 12 heavy (non-hydrogen) atoms. The molecule has 0 heterocycles. The second-order valence-corrected chi connectivity index (χ2v) is 4.67. The van der Waals surface area contributed by atoms with Crippen molar-refractivity contribution in [1.82, 2.24) is 0 Å². The van der Waals surface area contributed by atoms with Crippen molar-refractivity contribution < 1.29 is 9.90 Å². The summed E-state index contributed by atoms with van der Waals surface area (Å²) >= 11 is 0. The second-order valence-electron chi connectivity index (χ2n) is 4.67. The van der Waals surface area contributed by atoms with Crippen LogP contribution in [0.4, 0.5) is 0 Å². The number of rotatable bonds is 2. The van der Waals surface area contributed by atoms with Crippen LogP contribution in [0.5, 0.6) is 0 Å². The van der Waals surface area contributed by atoms with Crippen molar-refractivity contribution in [1.29, 1.82) is 0 Å². The van der Waals surface area contributed by atoms with Crippen molar-refractivity contribution in [2.24, 2.45) is 17.3 Å². The van der Waals surface area contributed by atoms with Crippen LogP contribution < -0.4 is 0 Å². The van der Waals surface area contributed by atoms with Gasteiger partial charge in [-0.1, -0.05) is 20.8 Å². The zero-order valence-corrected chi connectivity index (χ0v) is 8.13. The van der Waals surface area contributed by atoms with E-state index in [1.54, 1.807) is 0 Å². The van der Waals surface area contributed by atoms with Gasteiger partial charge in [-0.3, -0.25) is 4.79 Å². The Kier molecular flexibility index (Phi) is 2.45. The fraction of sp³-hybridized carbons (Fsp3) is 0.900. The molecular formula is C10H18O2. The fourth-order valence-corrected chi connectivity index (χ4v) is 2.18. The third-order valence-electron chi connectivity index (χ3n) is 3.54. The van der Waals surface area contributed by atoms with E-state index >= 15 is 0 Å². The molecule has 1 rings (SSSR count). The first-order valence-electron chi connectivity index (χ1n) is 4.65. The van der Waals surface area contributed by atoms with E-state index in [9.17, 15) is 4.79 Å². The summed E-state index contributed by atoms with van der Waals surface area (Å²) in [7, 11) is 0. The normalized spacial score (nSPS) is 33.6. The van der Waals surface area contributed by atoms with Gasteiger partial charge in [0, 0.05) is 6.42 Å². The lowest BCUT2D eigenvalue weighted by Gasteiger charge is -2.26. The maximum Gasteiger partial charge on any atom is 0.303 e. The van der Waals surface area contributed by atoms with Crippen molar-refractivity contribution in [2.75, 3.05) is 0 Å². The smallest absolute Gasteiger partial charge is 0.303 e. The fourth-order valence-electron chi connectivity index (χ4n) is 2.18. The van der Waals surface area contributed by atoms with E-state index in [1.165, 1.54) is 6.42 Å². The molecule has 0 amide bonds. The van der Waals surface area contributed by atoms with Gasteiger partial charge in [0.05, 0.1) is 0 Å². The maximum atomic E-state index is 10.5. The van der Waals surface area contributed by atoms with Gasteiger partial charge < -0.3 is 5.11 Å². The van der Waals surface area contributed by atoms with Crippen LogP contribution >= 0.6 is 0 Å². The largest absolute Gasteiger partial charge is 0.481 e. The van der Waals surface area contributed by atoms with E-state index in [-0.39, 0.29) is 0 Å². The monoisotopic (exact) mass is 170 g/mol. The molecule has 2 atom stereocenters. The summed E-state index contributed by atoms with van der Waals surface area (Å²) in [5.41, 5.74) is 0.347. The summed E-state index contributed by atoms with van der Waals surface area (Å²) in [6, 6.07) is 0. The zero-order valence-electron chi connectivity index (χ0n) is 8.13. The SMILES string of the molecule is CC1C(CC(=O)O)CCC1(C)C. The Morgan fingerprint density at radius 2 is 2.17 bits per heavy atom. The van der Waals surface area contributed by atoms with Crippen molar-refractivity contribution in [2.45, 2.75) is 40.0 Å². The van der Waals surface area contributed by atoms with Gasteiger partial charge >= 0.3 is 5.97 Å². The van der Waals surface area contributed by atoms with Gasteiger partial charge in [0.2, 0.25) is 0 Å². The van der Waals surface area contributed by atoms with Gasteiger partial charge in [-0.25, -0.2) is 0 Å². The molecule has 70 valence electrons. The molecule has 0 radical (unpaired) electrons. The van der Waals surface area contributed by atoms with Crippen LogP contribution in [0.2, 0.25) is 0 Å². The predicted octanol–water partition coefficient (Wildman–Crippen LogP) is 2.53. The van der Waals surface area contributed by atoms with Crippen LogP contribution in [0.15, 0.2) is 0 Å². The molecule has 0 aromatic rings. The van der Waals surface area contributed by atoms with Gasteiger partial charge in [0.1, 0.15) is 0 Å². The first-order chi connectivity index (χ1) is 5.43. The molecule has 1 aliphatic rings. The number of hydrogen-bond donors (Lipinski definition) is 1. The lowest BCUT2D eigenvalue weighted by molar-refractivity contribution is -0.138. The lowest BCUT2D eigenvalue weighted by Crippen LogP contribution is -2.20. The molecule has 0 spiro atoms. The van der Waals surface area contributed by atoms with Crippen molar-refractivity contribution in [3.63, 3.8) is 0 Å². The lowest BCUT2D eigenvalue weighted by atomic mass is 9.79. The number of carboxylic acid groups (broad SMARTS) is 1. The molecule has 0 bridgehead atoms. The van der Waals surface area contributed by atoms with E-state index in [0.29, 0.717) is 23.7 Å². The van der Waals surface area contributed by atoms with Crippen molar-refractivity contribution in [3.05, 3.63) is 0 Å². The highest BCUT2D eigenvalue weighted by Crippen LogP contribution is 2.47. The predicted molar refractivity (Wildman–Crippen MR) is 47.9 cm³/mol. The van der Waals surface area contributed by atoms with Gasteiger partial charge in [0.25, 0.3) is 0 Å². The molecule has 0 saturated heterocycles. The van der Waals surface area contributed by atoms with E-state index in [2.05, 4.69) is 20.8 Å². The van der Waals surface area contributed by atoms with Crippen molar-refractivity contribution >= 4 is 5.97 Å². The molecule has 1 N–H and O–H groups in total. The summed E-state index contributed by atoms with van der Waals surface area (Å²) in [4.78, 5) is 10.5. The van der Waals surface area contributed by atoms with Gasteiger partial charge in [-0.2, -0.15) is 0 Å². The molecule has 0 aliphatic heterocycles. The minimum atomic E-state index is -0.649. The molecule has 1 fully saturated rings. The van der Waals surface area contributed by atoms with E-state index in [0.717, 1.165) is 6.42 Å². The highest BCUT2D eigenvalue weighted by Gasteiger charge is 2.39. The third kappa shape index (κ3) is 1.79. The zero-order chi connectivity index (χ0) is 9.35. The Labute approximate surface area is 74.0 Å². The minimum absolute atomic E-state index is 0.347. The van der Waals surface area contributed by atoms with Crippen molar-refractivity contribution in [3.8, 4) is 0 Å². The Balaban J connectivity index is 2.55. The highest BCUT2D eigenvalue weighted by molar-refractivity contribution is 5.67. The number of carboxylic acids is 1. The standard InChI is InChI=1S/C10H18O2/c1-7-8(6-9(11)12)4-5-10(7,2)3/h7-8H,4-6H2,1-3H3,(H,11,12). The Hall–Kier alpha value is -0.530. The average Bonchev–Trinajstić information content (AvgIpc) is 2.15. The van der Waals surface area contributed by atoms with E-state index in [4.69, 9.17) is 5.11 Å². The third-order valence-corrected chi connectivity index (χ3v) is 3.54. The Morgan fingerprint density at radius 3 is 2.50 bits per heavy atom.